The van der Waals surface area contributed by atoms with Gasteiger partial charge in [-0.05, 0) is 12.8 Å². The lowest BCUT2D eigenvalue weighted by Gasteiger charge is -2.06. The van der Waals surface area contributed by atoms with E-state index in [1.807, 2.05) is 0 Å². The molecule has 2 aromatic heterocycles. The van der Waals surface area contributed by atoms with Gasteiger partial charge >= 0.3 is 0 Å². The van der Waals surface area contributed by atoms with Crippen LogP contribution < -0.4 is 9.47 Å². The van der Waals surface area contributed by atoms with E-state index in [4.69, 9.17) is 13.9 Å². The minimum absolute atomic E-state index is 0.325. The average molecular weight is 248 g/mol. The maximum absolute atomic E-state index is 5.62. The van der Waals surface area contributed by atoms with E-state index in [0.29, 0.717) is 35.0 Å². The number of hydrogen-bond donors (Lipinski definition) is 0. The van der Waals surface area contributed by atoms with E-state index in [1.165, 1.54) is 20.5 Å². The first-order valence-electron chi connectivity index (χ1n) is 5.60. The SMILES string of the molecule is COc1ncnc(OC)c1-c1nnc(C2CC2)o1. The van der Waals surface area contributed by atoms with Crippen molar-refractivity contribution >= 4 is 0 Å². The Morgan fingerprint density at radius 2 is 1.78 bits per heavy atom. The molecule has 7 nitrogen and oxygen atoms in total. The lowest BCUT2D eigenvalue weighted by atomic mass is 10.3. The van der Waals surface area contributed by atoms with Crippen molar-refractivity contribution in [1.29, 1.82) is 0 Å². The molecule has 2 aromatic rings. The Bertz CT molecular complexity index is 543. The Morgan fingerprint density at radius 1 is 1.11 bits per heavy atom. The lowest BCUT2D eigenvalue weighted by molar-refractivity contribution is 0.371. The van der Waals surface area contributed by atoms with Gasteiger partial charge in [0.2, 0.25) is 17.7 Å². The fourth-order valence-electron chi connectivity index (χ4n) is 1.68. The zero-order valence-electron chi connectivity index (χ0n) is 10.1. The van der Waals surface area contributed by atoms with Crippen LogP contribution in [-0.2, 0) is 0 Å². The molecule has 0 aliphatic heterocycles. The molecule has 0 aromatic carbocycles. The molecular weight excluding hydrogens is 236 g/mol. The second kappa shape index (κ2) is 4.25. The number of rotatable bonds is 4. The molecule has 0 radical (unpaired) electrons. The first kappa shape index (κ1) is 10.9. The zero-order chi connectivity index (χ0) is 12.5. The fraction of sp³-hybridized carbons (Fsp3) is 0.455. The largest absolute Gasteiger partial charge is 0.480 e. The summed E-state index contributed by atoms with van der Waals surface area (Å²) in [6, 6.07) is 0. The van der Waals surface area contributed by atoms with Gasteiger partial charge in [-0.3, -0.25) is 0 Å². The summed E-state index contributed by atoms with van der Waals surface area (Å²) < 4.78 is 16.0. The second-order valence-electron chi connectivity index (χ2n) is 3.99. The molecule has 94 valence electrons. The van der Waals surface area contributed by atoms with Gasteiger partial charge in [0, 0.05) is 5.92 Å². The summed E-state index contributed by atoms with van der Waals surface area (Å²) in [5.41, 5.74) is 0.488. The second-order valence-corrected chi connectivity index (χ2v) is 3.99. The molecule has 7 heteroatoms. The highest BCUT2D eigenvalue weighted by molar-refractivity contribution is 5.65. The molecule has 1 saturated carbocycles. The van der Waals surface area contributed by atoms with Crippen LogP contribution >= 0.6 is 0 Å². The predicted molar refractivity (Wildman–Crippen MR) is 60.4 cm³/mol. The van der Waals surface area contributed by atoms with Gasteiger partial charge in [0.1, 0.15) is 6.33 Å². The molecule has 0 spiro atoms. The van der Waals surface area contributed by atoms with Gasteiger partial charge in [0.15, 0.2) is 5.56 Å². The van der Waals surface area contributed by atoms with Crippen molar-refractivity contribution in [3.8, 4) is 23.2 Å². The third-order valence-electron chi connectivity index (χ3n) is 2.75. The zero-order valence-corrected chi connectivity index (χ0v) is 10.1. The van der Waals surface area contributed by atoms with Crippen LogP contribution in [0, 0.1) is 0 Å². The highest BCUT2D eigenvalue weighted by Crippen LogP contribution is 2.41. The Labute approximate surface area is 103 Å². The van der Waals surface area contributed by atoms with Crippen molar-refractivity contribution in [2.24, 2.45) is 0 Å². The van der Waals surface area contributed by atoms with Gasteiger partial charge in [0.25, 0.3) is 5.89 Å². The molecule has 0 bridgehead atoms. The minimum atomic E-state index is 0.325. The molecule has 2 heterocycles. The predicted octanol–water partition coefficient (Wildman–Crippen LogP) is 1.42. The fourth-order valence-corrected chi connectivity index (χ4v) is 1.68. The first-order chi connectivity index (χ1) is 8.83. The highest BCUT2D eigenvalue weighted by atomic mass is 16.5. The topological polar surface area (TPSA) is 83.2 Å². The number of hydrogen-bond acceptors (Lipinski definition) is 7. The Kier molecular flexibility index (Phi) is 2.58. The summed E-state index contributed by atoms with van der Waals surface area (Å²) in [5, 5.41) is 8.03. The van der Waals surface area contributed by atoms with Crippen LogP contribution in [0.15, 0.2) is 10.7 Å². The Hall–Kier alpha value is -2.18. The van der Waals surface area contributed by atoms with E-state index < -0.39 is 0 Å². The van der Waals surface area contributed by atoms with Crippen LogP contribution in [0.2, 0.25) is 0 Å². The van der Waals surface area contributed by atoms with Crippen LogP contribution in [0.25, 0.3) is 11.5 Å². The molecule has 1 aliphatic carbocycles. The van der Waals surface area contributed by atoms with Crippen molar-refractivity contribution in [3.63, 3.8) is 0 Å². The molecule has 0 unspecified atom stereocenters. The Balaban J connectivity index is 2.07. The van der Waals surface area contributed by atoms with Crippen molar-refractivity contribution < 1.29 is 13.9 Å². The monoisotopic (exact) mass is 248 g/mol. The van der Waals surface area contributed by atoms with Gasteiger partial charge < -0.3 is 13.9 Å². The molecule has 3 rings (SSSR count). The van der Waals surface area contributed by atoms with Crippen LogP contribution in [0.4, 0.5) is 0 Å². The molecular formula is C11H12N4O3. The Morgan fingerprint density at radius 3 is 2.33 bits per heavy atom. The number of ether oxygens (including phenoxy) is 2. The standard InChI is InChI=1S/C11H12N4O3/c1-16-9-7(10(17-2)13-5-12-9)11-15-14-8(18-11)6-3-4-6/h5-6H,3-4H2,1-2H3. The summed E-state index contributed by atoms with van der Waals surface area (Å²) in [6.07, 6.45) is 3.56. The molecule has 0 N–H and O–H groups in total. The molecule has 0 atom stereocenters. The van der Waals surface area contributed by atoms with E-state index in [2.05, 4.69) is 20.2 Å². The van der Waals surface area contributed by atoms with Crippen LogP contribution in [-0.4, -0.2) is 34.4 Å². The summed E-state index contributed by atoms with van der Waals surface area (Å²) in [7, 11) is 3.03. The summed E-state index contributed by atoms with van der Waals surface area (Å²) in [5.74, 6) is 2.08. The van der Waals surface area contributed by atoms with Crippen LogP contribution in [0.3, 0.4) is 0 Å². The summed E-state index contributed by atoms with van der Waals surface area (Å²) in [4.78, 5) is 8.02. The van der Waals surface area contributed by atoms with Crippen molar-refractivity contribution in [2.45, 2.75) is 18.8 Å². The summed E-state index contributed by atoms with van der Waals surface area (Å²) >= 11 is 0. The van der Waals surface area contributed by atoms with Crippen molar-refractivity contribution in [3.05, 3.63) is 12.2 Å². The van der Waals surface area contributed by atoms with E-state index in [1.54, 1.807) is 0 Å². The minimum Gasteiger partial charge on any atom is -0.480 e. The van der Waals surface area contributed by atoms with Gasteiger partial charge in [-0.1, -0.05) is 0 Å². The summed E-state index contributed by atoms with van der Waals surface area (Å²) in [6.45, 7) is 0. The molecule has 1 fully saturated rings. The van der Waals surface area contributed by atoms with Gasteiger partial charge in [-0.2, -0.15) is 0 Å². The van der Waals surface area contributed by atoms with E-state index >= 15 is 0 Å². The smallest absolute Gasteiger partial charge is 0.258 e. The maximum atomic E-state index is 5.62. The average Bonchev–Trinajstić information content (AvgIpc) is 3.16. The third-order valence-corrected chi connectivity index (χ3v) is 2.75. The molecule has 0 saturated heterocycles. The molecule has 1 aliphatic rings. The first-order valence-corrected chi connectivity index (χ1v) is 5.60. The highest BCUT2D eigenvalue weighted by Gasteiger charge is 2.31. The van der Waals surface area contributed by atoms with Gasteiger partial charge in [-0.25, -0.2) is 9.97 Å². The van der Waals surface area contributed by atoms with Gasteiger partial charge in [-0.15, -0.1) is 10.2 Å². The normalized spacial score (nSPS) is 14.6. The maximum Gasteiger partial charge on any atom is 0.258 e. The van der Waals surface area contributed by atoms with E-state index in [-0.39, 0.29) is 0 Å². The van der Waals surface area contributed by atoms with Crippen LogP contribution in [0.5, 0.6) is 11.8 Å². The van der Waals surface area contributed by atoms with E-state index in [9.17, 15) is 0 Å². The quantitative estimate of drug-likeness (QED) is 0.809. The van der Waals surface area contributed by atoms with Crippen molar-refractivity contribution in [2.75, 3.05) is 14.2 Å². The molecule has 18 heavy (non-hydrogen) atoms. The molecule has 0 amide bonds. The van der Waals surface area contributed by atoms with E-state index in [0.717, 1.165) is 12.8 Å². The number of methoxy groups -OCH3 is 2. The van der Waals surface area contributed by atoms with Crippen LogP contribution in [0.1, 0.15) is 24.7 Å². The number of nitrogens with zero attached hydrogens (tertiary/aromatic N) is 4. The number of aromatic nitrogens is 4. The third kappa shape index (κ3) is 1.77. The van der Waals surface area contributed by atoms with Crippen molar-refractivity contribution in [1.82, 2.24) is 20.2 Å². The lowest BCUT2D eigenvalue weighted by Crippen LogP contribution is -1.98. The van der Waals surface area contributed by atoms with Gasteiger partial charge in [0.05, 0.1) is 14.2 Å².